The van der Waals surface area contributed by atoms with Gasteiger partial charge in [0.2, 0.25) is 0 Å². The molecule has 0 amide bonds. The van der Waals surface area contributed by atoms with Crippen molar-refractivity contribution in [1.29, 1.82) is 5.26 Å². The first-order valence-corrected chi connectivity index (χ1v) is 39.2. The standard InChI is InChI=1S/C105H93BN4/c1-101(2,3)78-51-77(52-79(57-78)102(4,5)6)74-40-44-90-95(56-74)110-97-63-82(105(13,14)15)62-96-98(97)106(90)91-55-73(66-29-19-16-20-30-66)43-47-94(91)109(96)99-84(67-31-21-17-22-32-67)58-80(103(7,8)9)60-86(99)75-37-26-35-69(49-75)71-41-45-92-88(53-71)89-54-72(42-46-93(89)108(92)83-39-25-28-65(48-83)64-107)70-36-27-38-76(50-70)87-61-81(104(10,11)12)59-85(100(87)110)68-33-23-18-24-34-68/h16-63H,1-15H3. The summed E-state index contributed by atoms with van der Waals surface area (Å²) in [6, 6.07) is 114. The van der Waals surface area contributed by atoms with Gasteiger partial charge in [0.1, 0.15) is 0 Å². The van der Waals surface area contributed by atoms with Crippen LogP contribution in [0.4, 0.5) is 34.1 Å². The molecule has 18 rings (SSSR count). The highest BCUT2D eigenvalue weighted by atomic mass is 15.2. The number of nitriles is 1. The topological polar surface area (TPSA) is 35.2 Å². The Morgan fingerprint density at radius 2 is 0.645 bits per heavy atom. The minimum Gasteiger partial charge on any atom is -0.310 e. The van der Waals surface area contributed by atoms with Crippen LogP contribution in [0, 0.1) is 11.3 Å². The largest absolute Gasteiger partial charge is 0.310 e. The van der Waals surface area contributed by atoms with Crippen LogP contribution in [0.5, 0.6) is 0 Å². The molecular formula is C105H93BN4. The van der Waals surface area contributed by atoms with E-state index in [4.69, 9.17) is 0 Å². The second-order valence-electron chi connectivity index (χ2n) is 36.2. The van der Waals surface area contributed by atoms with E-state index < -0.39 is 0 Å². The van der Waals surface area contributed by atoms with Crippen LogP contribution < -0.4 is 26.2 Å². The maximum atomic E-state index is 10.4. The molecule has 0 saturated carbocycles. The Morgan fingerprint density at radius 1 is 0.264 bits per heavy atom. The first kappa shape index (κ1) is 69.8. The molecule has 4 nitrogen and oxygen atoms in total. The summed E-state index contributed by atoms with van der Waals surface area (Å²) >= 11 is 0. The maximum absolute atomic E-state index is 10.4. The van der Waals surface area contributed by atoms with Crippen LogP contribution in [0.25, 0.3) is 117 Å². The van der Waals surface area contributed by atoms with Crippen LogP contribution in [0.1, 0.15) is 137 Å². The predicted octanol–water partition coefficient (Wildman–Crippen LogP) is 26.9. The number of fused-ring (bicyclic) bond motifs is 20. The average molecular weight is 1420 g/mol. The summed E-state index contributed by atoms with van der Waals surface area (Å²) < 4.78 is 2.35. The zero-order valence-corrected chi connectivity index (χ0v) is 66.1. The van der Waals surface area contributed by atoms with Crippen LogP contribution in [0.2, 0.25) is 0 Å². The van der Waals surface area contributed by atoms with Crippen LogP contribution in [0.3, 0.4) is 0 Å². The quantitative estimate of drug-likeness (QED) is 0.161. The fraction of sp³-hybridized carbons (Fsp3) is 0.190. The normalized spacial score (nSPS) is 13.2. The minimum atomic E-state index is -0.338. The molecule has 0 atom stereocenters. The van der Waals surface area contributed by atoms with Crippen molar-refractivity contribution in [3.8, 4) is 101 Å². The Hall–Kier alpha value is -12.0. The number of rotatable bonds is 5. The lowest BCUT2D eigenvalue weighted by atomic mass is 9.33. The van der Waals surface area contributed by atoms with E-state index in [0.29, 0.717) is 5.56 Å². The zero-order valence-electron chi connectivity index (χ0n) is 66.1. The molecule has 4 heterocycles. The van der Waals surface area contributed by atoms with E-state index in [1.807, 2.05) is 18.2 Å². The summed E-state index contributed by atoms with van der Waals surface area (Å²) in [5, 5.41) is 12.7. The molecule has 3 aliphatic rings. The molecular weight excluding hydrogens is 1330 g/mol. The van der Waals surface area contributed by atoms with Gasteiger partial charge in [-0.05, 0) is 241 Å². The monoisotopic (exact) mass is 1420 g/mol. The average Bonchev–Trinajstić information content (AvgIpc) is 0.831. The molecule has 15 aromatic rings. The van der Waals surface area contributed by atoms with Crippen molar-refractivity contribution in [2.45, 2.75) is 131 Å². The van der Waals surface area contributed by atoms with Crippen LogP contribution >= 0.6 is 0 Å². The lowest BCUT2D eigenvalue weighted by molar-refractivity contribution is 0.569. The summed E-state index contributed by atoms with van der Waals surface area (Å²) in [5.74, 6) is 0. The highest BCUT2D eigenvalue weighted by molar-refractivity contribution is 7.00. The maximum Gasteiger partial charge on any atom is 0.252 e. The first-order chi connectivity index (χ1) is 52.6. The Balaban J connectivity index is 1.06. The molecule has 0 N–H and O–H groups in total. The van der Waals surface area contributed by atoms with Gasteiger partial charge in [-0.2, -0.15) is 5.26 Å². The van der Waals surface area contributed by atoms with Crippen LogP contribution in [-0.4, -0.2) is 11.3 Å². The molecule has 0 radical (unpaired) electrons. The fourth-order valence-corrected chi connectivity index (χ4v) is 17.4. The van der Waals surface area contributed by atoms with Crippen molar-refractivity contribution in [1.82, 2.24) is 4.57 Å². The van der Waals surface area contributed by atoms with E-state index in [-0.39, 0.29) is 33.8 Å². The summed E-state index contributed by atoms with van der Waals surface area (Å²) in [5.41, 5.74) is 37.9. The lowest BCUT2D eigenvalue weighted by Crippen LogP contribution is -2.61. The molecule has 0 fully saturated rings. The van der Waals surface area contributed by atoms with Gasteiger partial charge in [0, 0.05) is 61.5 Å². The highest BCUT2D eigenvalue weighted by Crippen LogP contribution is 2.56. The number of benzene rings is 14. The van der Waals surface area contributed by atoms with E-state index in [0.717, 1.165) is 128 Å². The molecule has 3 aliphatic heterocycles. The Labute approximate surface area is 650 Å². The van der Waals surface area contributed by atoms with Crippen molar-refractivity contribution in [2.75, 3.05) is 9.80 Å². The third kappa shape index (κ3) is 11.9. The SMILES string of the molecule is CC(C)(C)c1cc(-c2ccc3c(c2)N2c4cc(C(C)(C)C)cc5c4B3c3cc(-c4ccccc4)ccc3N5c3c(-c4ccccc4)cc(C(C)(C)C)cc3-c3cccc(c3)-c3ccc4c(c3)c3cc(ccc3n4-c3cccc(C#N)c3)-c3cccc(c3)-c3cc(C(C)(C)C)cc(-c4ccccc4)c32)cc(C(C)(C)C)c1. The van der Waals surface area contributed by atoms with Crippen molar-refractivity contribution in [2.24, 2.45) is 0 Å². The molecule has 1 aromatic heterocycles. The second-order valence-corrected chi connectivity index (χ2v) is 36.2. The number of nitrogens with zero attached hydrogens (tertiary/aromatic N) is 4. The summed E-state index contributed by atoms with van der Waals surface area (Å²) in [7, 11) is 0. The third-order valence-electron chi connectivity index (χ3n) is 23.6. The van der Waals surface area contributed by atoms with Gasteiger partial charge in [0.05, 0.1) is 34.0 Å². The van der Waals surface area contributed by atoms with Crippen LogP contribution in [-0.2, 0) is 27.1 Å². The van der Waals surface area contributed by atoms with Gasteiger partial charge >= 0.3 is 0 Å². The van der Waals surface area contributed by atoms with Gasteiger partial charge in [0.25, 0.3) is 6.71 Å². The van der Waals surface area contributed by atoms with Gasteiger partial charge in [-0.15, -0.1) is 0 Å². The Kier molecular flexibility index (Phi) is 16.2. The highest BCUT2D eigenvalue weighted by Gasteiger charge is 2.47. The Bertz CT molecular complexity index is 6280. The number of hydrogen-bond acceptors (Lipinski definition) is 3. The molecule has 0 unspecified atom stereocenters. The fourth-order valence-electron chi connectivity index (χ4n) is 17.4. The summed E-state index contributed by atoms with van der Waals surface area (Å²) in [6.07, 6.45) is 0. The van der Waals surface area contributed by atoms with E-state index in [9.17, 15) is 5.26 Å². The summed E-state index contributed by atoms with van der Waals surface area (Å²) in [4.78, 5) is 5.48. The molecule has 110 heavy (non-hydrogen) atoms. The molecule has 536 valence electrons. The van der Waals surface area contributed by atoms with Crippen molar-refractivity contribution >= 4 is 79.0 Å². The number of anilines is 6. The van der Waals surface area contributed by atoms with E-state index in [1.165, 1.54) is 66.5 Å². The molecule has 5 heteroatoms. The van der Waals surface area contributed by atoms with Crippen LogP contribution in [0.15, 0.2) is 291 Å². The minimum absolute atomic E-state index is 0.114. The van der Waals surface area contributed by atoms with Crippen molar-refractivity contribution in [3.05, 3.63) is 325 Å². The Morgan fingerprint density at radius 3 is 1.13 bits per heavy atom. The number of hydrogen-bond donors (Lipinski definition) is 0. The molecule has 0 spiro atoms. The van der Waals surface area contributed by atoms with E-state index in [2.05, 4.69) is 397 Å². The zero-order chi connectivity index (χ0) is 76.2. The first-order valence-electron chi connectivity index (χ1n) is 39.2. The van der Waals surface area contributed by atoms with Crippen molar-refractivity contribution < 1.29 is 0 Å². The second kappa shape index (κ2) is 25.6. The van der Waals surface area contributed by atoms with Crippen molar-refractivity contribution in [3.63, 3.8) is 0 Å². The predicted molar refractivity (Wildman–Crippen MR) is 470 cm³/mol. The van der Waals surface area contributed by atoms with Gasteiger partial charge in [-0.1, -0.05) is 292 Å². The molecule has 14 aromatic carbocycles. The van der Waals surface area contributed by atoms with Gasteiger partial charge < -0.3 is 14.4 Å². The lowest BCUT2D eigenvalue weighted by Gasteiger charge is -2.47. The molecule has 0 saturated heterocycles. The van der Waals surface area contributed by atoms with Gasteiger partial charge in [-0.25, -0.2) is 0 Å². The van der Waals surface area contributed by atoms with Gasteiger partial charge in [-0.3, -0.25) is 0 Å². The van der Waals surface area contributed by atoms with E-state index >= 15 is 0 Å². The summed E-state index contributed by atoms with van der Waals surface area (Å²) in [6.45, 7) is 35.3. The third-order valence-corrected chi connectivity index (χ3v) is 23.6. The van der Waals surface area contributed by atoms with Gasteiger partial charge in [0.15, 0.2) is 0 Å². The van der Waals surface area contributed by atoms with E-state index in [1.54, 1.807) is 0 Å². The smallest absolute Gasteiger partial charge is 0.252 e. The number of aromatic nitrogens is 1. The molecule has 0 aliphatic carbocycles. The molecule has 13 bridgehead atoms.